The van der Waals surface area contributed by atoms with Gasteiger partial charge in [0.25, 0.3) is 0 Å². The molecule has 4 nitrogen and oxygen atoms in total. The minimum Gasteiger partial charge on any atom is -0.338 e. The van der Waals surface area contributed by atoms with E-state index in [1.54, 1.807) is 0 Å². The SMILES string of the molecule is Fc1ccc(Nc2ccnc(Nc3ccc(C(F)(F)F)cc3)n2)c(F)c1F. The first-order valence-corrected chi connectivity index (χ1v) is 7.42. The molecule has 0 aliphatic heterocycles. The Labute approximate surface area is 148 Å². The van der Waals surface area contributed by atoms with Crippen LogP contribution in [0.2, 0.25) is 0 Å². The molecule has 27 heavy (non-hydrogen) atoms. The van der Waals surface area contributed by atoms with Gasteiger partial charge in [-0.05, 0) is 42.5 Å². The van der Waals surface area contributed by atoms with Crippen molar-refractivity contribution in [3.05, 3.63) is 71.7 Å². The number of hydrogen-bond acceptors (Lipinski definition) is 4. The molecule has 0 amide bonds. The number of nitrogens with one attached hydrogen (secondary N) is 2. The summed E-state index contributed by atoms with van der Waals surface area (Å²) in [6.07, 6.45) is -3.16. The summed E-state index contributed by atoms with van der Waals surface area (Å²) < 4.78 is 77.6. The Hall–Kier alpha value is -3.30. The van der Waals surface area contributed by atoms with Gasteiger partial charge in [0.15, 0.2) is 17.5 Å². The fourth-order valence-electron chi connectivity index (χ4n) is 2.12. The lowest BCUT2D eigenvalue weighted by atomic mass is 10.2. The van der Waals surface area contributed by atoms with Crippen LogP contribution < -0.4 is 10.6 Å². The third-order valence-corrected chi connectivity index (χ3v) is 3.42. The molecule has 10 heteroatoms. The molecule has 0 atom stereocenters. The summed E-state index contributed by atoms with van der Waals surface area (Å²) in [6, 6.07) is 7.27. The number of aromatic nitrogens is 2. The summed E-state index contributed by atoms with van der Waals surface area (Å²) in [6.45, 7) is 0. The van der Waals surface area contributed by atoms with Gasteiger partial charge in [0.2, 0.25) is 5.95 Å². The second-order valence-electron chi connectivity index (χ2n) is 5.31. The molecule has 0 aliphatic carbocycles. The molecule has 0 saturated carbocycles. The Morgan fingerprint density at radius 3 is 2.15 bits per heavy atom. The molecule has 140 valence electrons. The number of hydrogen-bond donors (Lipinski definition) is 2. The standard InChI is InChI=1S/C17H10F6N4/c18-11-5-6-12(15(20)14(11)19)26-13-7-8-24-16(27-13)25-10-3-1-9(2-4-10)17(21,22)23/h1-8H,(H2,24,25,26,27). The van der Waals surface area contributed by atoms with Gasteiger partial charge in [-0.3, -0.25) is 0 Å². The average Bonchev–Trinajstić information content (AvgIpc) is 2.62. The summed E-state index contributed by atoms with van der Waals surface area (Å²) >= 11 is 0. The van der Waals surface area contributed by atoms with Crippen molar-refractivity contribution in [3.63, 3.8) is 0 Å². The van der Waals surface area contributed by atoms with Crippen LogP contribution in [0.4, 0.5) is 49.5 Å². The van der Waals surface area contributed by atoms with E-state index in [2.05, 4.69) is 20.6 Å². The van der Waals surface area contributed by atoms with Crippen molar-refractivity contribution in [2.75, 3.05) is 10.6 Å². The zero-order valence-corrected chi connectivity index (χ0v) is 13.3. The van der Waals surface area contributed by atoms with Gasteiger partial charge in [0.1, 0.15) is 5.82 Å². The van der Waals surface area contributed by atoms with Crippen LogP contribution in [-0.4, -0.2) is 9.97 Å². The summed E-state index contributed by atoms with van der Waals surface area (Å²) in [5.74, 6) is -4.31. The topological polar surface area (TPSA) is 49.8 Å². The predicted molar refractivity (Wildman–Crippen MR) is 86.4 cm³/mol. The minimum absolute atomic E-state index is 0.00255. The largest absolute Gasteiger partial charge is 0.416 e. The van der Waals surface area contributed by atoms with Gasteiger partial charge in [-0.1, -0.05) is 0 Å². The molecule has 0 spiro atoms. The molecular formula is C17H10F6N4. The lowest BCUT2D eigenvalue weighted by Crippen LogP contribution is -2.05. The maximum absolute atomic E-state index is 13.7. The number of anilines is 4. The van der Waals surface area contributed by atoms with Crippen molar-refractivity contribution in [1.29, 1.82) is 0 Å². The summed E-state index contributed by atoms with van der Waals surface area (Å²) in [5.41, 5.74) is -0.856. The van der Waals surface area contributed by atoms with Gasteiger partial charge in [0.05, 0.1) is 11.3 Å². The van der Waals surface area contributed by atoms with E-state index in [0.717, 1.165) is 24.3 Å². The minimum atomic E-state index is -4.45. The second kappa shape index (κ2) is 7.14. The van der Waals surface area contributed by atoms with Gasteiger partial charge in [0, 0.05) is 11.9 Å². The van der Waals surface area contributed by atoms with Gasteiger partial charge < -0.3 is 10.6 Å². The highest BCUT2D eigenvalue weighted by atomic mass is 19.4. The third-order valence-electron chi connectivity index (χ3n) is 3.42. The molecule has 0 unspecified atom stereocenters. The zero-order valence-electron chi connectivity index (χ0n) is 13.3. The Kier molecular flexibility index (Phi) is 4.89. The van der Waals surface area contributed by atoms with Crippen LogP contribution >= 0.6 is 0 Å². The van der Waals surface area contributed by atoms with Crippen LogP contribution in [0.3, 0.4) is 0 Å². The zero-order chi connectivity index (χ0) is 19.6. The summed E-state index contributed by atoms with van der Waals surface area (Å²) in [5, 5.41) is 5.16. The quantitative estimate of drug-likeness (QED) is 0.467. The molecule has 2 aromatic carbocycles. The summed E-state index contributed by atoms with van der Waals surface area (Å²) in [4.78, 5) is 7.88. The highest BCUT2D eigenvalue weighted by Gasteiger charge is 2.29. The molecule has 0 saturated heterocycles. The number of halogens is 6. The Morgan fingerprint density at radius 1 is 0.778 bits per heavy atom. The van der Waals surface area contributed by atoms with Gasteiger partial charge in [-0.2, -0.15) is 18.2 Å². The molecule has 1 aromatic heterocycles. The molecule has 0 radical (unpaired) electrons. The first-order valence-electron chi connectivity index (χ1n) is 7.42. The van der Waals surface area contributed by atoms with E-state index < -0.39 is 29.2 Å². The first kappa shape index (κ1) is 18.5. The first-order chi connectivity index (χ1) is 12.7. The van der Waals surface area contributed by atoms with E-state index in [4.69, 9.17) is 0 Å². The van der Waals surface area contributed by atoms with Crippen LogP contribution in [0.15, 0.2) is 48.7 Å². The maximum Gasteiger partial charge on any atom is 0.416 e. The van der Waals surface area contributed by atoms with Crippen molar-refractivity contribution in [2.45, 2.75) is 6.18 Å². The van der Waals surface area contributed by atoms with Crippen LogP contribution in [0.1, 0.15) is 5.56 Å². The third kappa shape index (κ3) is 4.27. The normalized spacial score (nSPS) is 11.3. The number of rotatable bonds is 4. The van der Waals surface area contributed by atoms with E-state index in [1.807, 2.05) is 0 Å². The van der Waals surface area contributed by atoms with E-state index in [-0.39, 0.29) is 17.5 Å². The number of benzene rings is 2. The Balaban J connectivity index is 1.77. The lowest BCUT2D eigenvalue weighted by molar-refractivity contribution is -0.137. The highest BCUT2D eigenvalue weighted by molar-refractivity contribution is 5.60. The molecule has 0 bridgehead atoms. The Morgan fingerprint density at radius 2 is 1.48 bits per heavy atom. The predicted octanol–water partition coefficient (Wildman–Crippen LogP) is 5.40. The smallest absolute Gasteiger partial charge is 0.338 e. The van der Waals surface area contributed by atoms with E-state index >= 15 is 0 Å². The molecule has 2 N–H and O–H groups in total. The Bertz CT molecular complexity index is 957. The van der Waals surface area contributed by atoms with Gasteiger partial charge in [-0.25, -0.2) is 18.2 Å². The lowest BCUT2D eigenvalue weighted by Gasteiger charge is -2.10. The van der Waals surface area contributed by atoms with Crippen LogP contribution in [0.25, 0.3) is 0 Å². The molecular weight excluding hydrogens is 374 g/mol. The monoisotopic (exact) mass is 384 g/mol. The molecule has 0 aliphatic rings. The molecule has 0 fully saturated rings. The van der Waals surface area contributed by atoms with E-state index in [0.29, 0.717) is 5.69 Å². The van der Waals surface area contributed by atoms with Gasteiger partial charge in [-0.15, -0.1) is 0 Å². The van der Waals surface area contributed by atoms with Crippen molar-refractivity contribution in [2.24, 2.45) is 0 Å². The molecule has 3 rings (SSSR count). The summed E-state index contributed by atoms with van der Waals surface area (Å²) in [7, 11) is 0. The van der Waals surface area contributed by atoms with Crippen LogP contribution in [0.5, 0.6) is 0 Å². The molecule has 1 heterocycles. The molecule has 3 aromatic rings. The highest BCUT2D eigenvalue weighted by Crippen LogP contribution is 2.30. The van der Waals surface area contributed by atoms with E-state index in [1.165, 1.54) is 24.4 Å². The fraction of sp³-hybridized carbons (Fsp3) is 0.0588. The van der Waals surface area contributed by atoms with Crippen molar-refractivity contribution in [3.8, 4) is 0 Å². The van der Waals surface area contributed by atoms with Gasteiger partial charge >= 0.3 is 6.18 Å². The average molecular weight is 384 g/mol. The number of alkyl halides is 3. The van der Waals surface area contributed by atoms with Crippen molar-refractivity contribution < 1.29 is 26.3 Å². The number of nitrogens with zero attached hydrogens (tertiary/aromatic N) is 2. The fourth-order valence-corrected chi connectivity index (χ4v) is 2.12. The van der Waals surface area contributed by atoms with Crippen LogP contribution in [-0.2, 0) is 6.18 Å². The van der Waals surface area contributed by atoms with E-state index in [9.17, 15) is 26.3 Å². The maximum atomic E-state index is 13.7. The second-order valence-corrected chi connectivity index (χ2v) is 5.31. The van der Waals surface area contributed by atoms with Crippen LogP contribution in [0, 0.1) is 17.5 Å². The van der Waals surface area contributed by atoms with Crippen molar-refractivity contribution >= 4 is 23.1 Å². The van der Waals surface area contributed by atoms with Crippen molar-refractivity contribution in [1.82, 2.24) is 9.97 Å².